The molecule has 72 valence electrons. The van der Waals surface area contributed by atoms with E-state index in [4.69, 9.17) is 4.74 Å². The zero-order valence-corrected chi connectivity index (χ0v) is 10.8. The van der Waals surface area contributed by atoms with Gasteiger partial charge in [-0.3, -0.25) is 0 Å². The minimum Gasteiger partial charge on any atom is -0.491 e. The molecule has 0 saturated carbocycles. The van der Waals surface area contributed by atoms with Gasteiger partial charge in [-0.1, -0.05) is 44.0 Å². The highest BCUT2D eigenvalue weighted by Gasteiger charge is 2.02. The van der Waals surface area contributed by atoms with Gasteiger partial charge in [0.05, 0.1) is 9.84 Å². The average molecular weight is 308 g/mol. The fourth-order valence-corrected chi connectivity index (χ4v) is 1.57. The molecule has 1 aromatic rings. The zero-order valence-electron chi connectivity index (χ0n) is 7.63. The van der Waals surface area contributed by atoms with Gasteiger partial charge in [-0.2, -0.15) is 0 Å². The van der Waals surface area contributed by atoms with Crippen molar-refractivity contribution in [2.45, 2.75) is 23.7 Å². The quantitative estimate of drug-likeness (QED) is 0.758. The van der Waals surface area contributed by atoms with Crippen LogP contribution in [-0.2, 0) is 0 Å². The Morgan fingerprint density at radius 2 is 1.62 bits per heavy atom. The Morgan fingerprint density at radius 1 is 1.08 bits per heavy atom. The summed E-state index contributed by atoms with van der Waals surface area (Å²) in [6.45, 7) is 4.04. The fraction of sp³-hybridized carbons (Fsp3) is 0.400. The topological polar surface area (TPSA) is 9.23 Å². The van der Waals surface area contributed by atoms with Crippen LogP contribution in [0.5, 0.6) is 5.75 Å². The van der Waals surface area contributed by atoms with Gasteiger partial charge in [0, 0.05) is 0 Å². The van der Waals surface area contributed by atoms with E-state index in [9.17, 15) is 0 Å². The standard InChI is InChI=1S/C10H12Br2O/c1-7(2)13-9-5-3-8(4-6-9)10(11)12/h3-7,10H,1-2H3. The van der Waals surface area contributed by atoms with Gasteiger partial charge in [0.15, 0.2) is 0 Å². The summed E-state index contributed by atoms with van der Waals surface area (Å²) in [7, 11) is 0. The van der Waals surface area contributed by atoms with Crippen molar-refractivity contribution in [3.05, 3.63) is 29.8 Å². The Balaban J connectivity index is 2.70. The van der Waals surface area contributed by atoms with E-state index in [1.165, 1.54) is 5.56 Å². The minimum absolute atomic E-state index is 0.216. The average Bonchev–Trinajstić information content (AvgIpc) is 2.04. The maximum absolute atomic E-state index is 5.52. The van der Waals surface area contributed by atoms with E-state index in [1.54, 1.807) is 0 Å². The maximum Gasteiger partial charge on any atom is 0.119 e. The molecule has 0 atom stereocenters. The van der Waals surface area contributed by atoms with Crippen LogP contribution in [-0.4, -0.2) is 6.10 Å². The molecule has 0 radical (unpaired) electrons. The lowest BCUT2D eigenvalue weighted by Crippen LogP contribution is -2.05. The normalized spacial score (nSPS) is 10.9. The van der Waals surface area contributed by atoms with Crippen LogP contribution in [0.2, 0.25) is 0 Å². The molecule has 3 heteroatoms. The SMILES string of the molecule is CC(C)Oc1ccc(C(Br)Br)cc1. The van der Waals surface area contributed by atoms with Crippen molar-refractivity contribution in [1.82, 2.24) is 0 Å². The third-order valence-corrected chi connectivity index (χ3v) is 2.56. The molecule has 0 aliphatic rings. The highest BCUT2D eigenvalue weighted by atomic mass is 79.9. The first-order chi connectivity index (χ1) is 6.09. The Labute approximate surface area is 95.7 Å². The summed E-state index contributed by atoms with van der Waals surface area (Å²) in [4.78, 5) is 0. The Morgan fingerprint density at radius 3 is 2.00 bits per heavy atom. The molecular formula is C10H12Br2O. The highest BCUT2D eigenvalue weighted by molar-refractivity contribution is 9.24. The monoisotopic (exact) mass is 306 g/mol. The van der Waals surface area contributed by atoms with E-state index in [2.05, 4.69) is 31.9 Å². The maximum atomic E-state index is 5.52. The number of halogens is 2. The fourth-order valence-electron chi connectivity index (χ4n) is 0.964. The van der Waals surface area contributed by atoms with Crippen LogP contribution in [0.3, 0.4) is 0 Å². The molecule has 0 fully saturated rings. The van der Waals surface area contributed by atoms with Crippen molar-refractivity contribution in [3.8, 4) is 5.75 Å². The van der Waals surface area contributed by atoms with Gasteiger partial charge in [0.25, 0.3) is 0 Å². The molecule has 0 saturated heterocycles. The van der Waals surface area contributed by atoms with Gasteiger partial charge >= 0.3 is 0 Å². The van der Waals surface area contributed by atoms with Crippen molar-refractivity contribution < 1.29 is 4.74 Å². The van der Waals surface area contributed by atoms with Gasteiger partial charge in [-0.05, 0) is 31.5 Å². The molecule has 0 amide bonds. The first-order valence-electron chi connectivity index (χ1n) is 4.14. The van der Waals surface area contributed by atoms with E-state index >= 15 is 0 Å². The molecule has 1 aromatic carbocycles. The Kier molecular flexibility index (Phi) is 4.26. The zero-order chi connectivity index (χ0) is 9.84. The summed E-state index contributed by atoms with van der Waals surface area (Å²) in [5.41, 5.74) is 1.19. The summed E-state index contributed by atoms with van der Waals surface area (Å²) in [6.07, 6.45) is 0.231. The second-order valence-corrected chi connectivity index (χ2v) is 6.10. The Bertz CT molecular complexity index is 254. The molecule has 0 N–H and O–H groups in total. The number of hydrogen-bond acceptors (Lipinski definition) is 1. The van der Waals surface area contributed by atoms with Crippen LogP contribution in [0.25, 0.3) is 0 Å². The van der Waals surface area contributed by atoms with Crippen LogP contribution in [0.1, 0.15) is 23.1 Å². The van der Waals surface area contributed by atoms with Crippen molar-refractivity contribution >= 4 is 31.9 Å². The first-order valence-corrected chi connectivity index (χ1v) is 5.97. The number of rotatable bonds is 3. The Hall–Kier alpha value is -0.0200. The second kappa shape index (κ2) is 5.01. The summed E-state index contributed by atoms with van der Waals surface area (Å²) < 4.78 is 5.73. The van der Waals surface area contributed by atoms with Gasteiger partial charge in [-0.15, -0.1) is 0 Å². The van der Waals surface area contributed by atoms with E-state index in [-0.39, 0.29) is 9.84 Å². The van der Waals surface area contributed by atoms with E-state index in [0.717, 1.165) is 5.75 Å². The number of alkyl halides is 2. The summed E-state index contributed by atoms with van der Waals surface area (Å²) >= 11 is 6.87. The molecule has 0 aromatic heterocycles. The van der Waals surface area contributed by atoms with Crippen LogP contribution >= 0.6 is 31.9 Å². The number of ether oxygens (including phenoxy) is 1. The van der Waals surface area contributed by atoms with Gasteiger partial charge < -0.3 is 4.74 Å². The van der Waals surface area contributed by atoms with Gasteiger partial charge in [0.2, 0.25) is 0 Å². The number of hydrogen-bond donors (Lipinski definition) is 0. The molecule has 0 aliphatic heterocycles. The van der Waals surface area contributed by atoms with E-state index < -0.39 is 0 Å². The summed E-state index contributed by atoms with van der Waals surface area (Å²) in [5, 5.41) is 0. The lowest BCUT2D eigenvalue weighted by atomic mass is 10.2. The molecular weight excluding hydrogens is 296 g/mol. The van der Waals surface area contributed by atoms with Crippen molar-refractivity contribution in [1.29, 1.82) is 0 Å². The summed E-state index contributed by atoms with van der Waals surface area (Å²) in [5.74, 6) is 0.916. The number of benzene rings is 1. The van der Waals surface area contributed by atoms with E-state index in [1.807, 2.05) is 38.1 Å². The first kappa shape index (κ1) is 11.1. The molecule has 1 rings (SSSR count). The molecule has 1 nitrogen and oxygen atoms in total. The van der Waals surface area contributed by atoms with Gasteiger partial charge in [-0.25, -0.2) is 0 Å². The van der Waals surface area contributed by atoms with E-state index in [0.29, 0.717) is 0 Å². The third kappa shape index (κ3) is 3.69. The summed E-state index contributed by atoms with van der Waals surface area (Å²) in [6, 6.07) is 8.02. The lowest BCUT2D eigenvalue weighted by Gasteiger charge is -2.10. The van der Waals surface area contributed by atoms with Crippen LogP contribution in [0.4, 0.5) is 0 Å². The molecule has 0 unspecified atom stereocenters. The van der Waals surface area contributed by atoms with Gasteiger partial charge in [0.1, 0.15) is 5.75 Å². The highest BCUT2D eigenvalue weighted by Crippen LogP contribution is 2.30. The second-order valence-electron chi connectivity index (χ2n) is 3.04. The van der Waals surface area contributed by atoms with Crippen molar-refractivity contribution in [2.24, 2.45) is 0 Å². The molecule has 0 spiro atoms. The molecule has 13 heavy (non-hydrogen) atoms. The minimum atomic E-state index is 0.216. The largest absolute Gasteiger partial charge is 0.491 e. The molecule has 0 bridgehead atoms. The predicted octanol–water partition coefficient (Wildman–Crippen LogP) is 4.26. The van der Waals surface area contributed by atoms with Crippen LogP contribution < -0.4 is 4.74 Å². The smallest absolute Gasteiger partial charge is 0.119 e. The lowest BCUT2D eigenvalue weighted by molar-refractivity contribution is 0.242. The predicted molar refractivity (Wildman–Crippen MR) is 62.8 cm³/mol. The van der Waals surface area contributed by atoms with Crippen LogP contribution in [0.15, 0.2) is 24.3 Å². The third-order valence-electron chi connectivity index (χ3n) is 1.50. The molecule has 0 aliphatic carbocycles. The van der Waals surface area contributed by atoms with Crippen molar-refractivity contribution in [3.63, 3.8) is 0 Å². The van der Waals surface area contributed by atoms with Crippen molar-refractivity contribution in [2.75, 3.05) is 0 Å². The molecule has 0 heterocycles. The van der Waals surface area contributed by atoms with Crippen LogP contribution in [0, 0.1) is 0 Å².